The number of nitriles is 1. The minimum atomic E-state index is -0.345. The summed E-state index contributed by atoms with van der Waals surface area (Å²) < 4.78 is 5.57. The van der Waals surface area contributed by atoms with E-state index in [0.717, 1.165) is 24.8 Å². The molecule has 0 aromatic heterocycles. The summed E-state index contributed by atoms with van der Waals surface area (Å²) >= 11 is 0. The first-order valence-electron chi connectivity index (χ1n) is 8.23. The van der Waals surface area contributed by atoms with Crippen LogP contribution in [0.3, 0.4) is 0 Å². The highest BCUT2D eigenvalue weighted by atomic mass is 16.5. The number of hydrogen-bond acceptors (Lipinski definition) is 4. The van der Waals surface area contributed by atoms with Gasteiger partial charge in [0.05, 0.1) is 37.8 Å². The van der Waals surface area contributed by atoms with Gasteiger partial charge in [-0.15, -0.1) is 0 Å². The van der Waals surface area contributed by atoms with Crippen LogP contribution < -0.4 is 0 Å². The largest absolute Gasteiger partial charge is 0.393 e. The van der Waals surface area contributed by atoms with Crippen molar-refractivity contribution in [2.45, 2.75) is 37.8 Å². The first-order valence-corrected chi connectivity index (χ1v) is 8.23. The number of morpholine rings is 1. The monoisotopic (exact) mass is 314 g/mol. The molecule has 1 heterocycles. The number of aliphatic hydroxyl groups is 1. The lowest BCUT2D eigenvalue weighted by Gasteiger charge is -2.40. The molecule has 0 bridgehead atoms. The lowest BCUT2D eigenvalue weighted by Crippen LogP contribution is -2.53. The molecule has 1 aliphatic heterocycles. The number of amides is 1. The van der Waals surface area contributed by atoms with E-state index in [1.165, 1.54) is 0 Å². The van der Waals surface area contributed by atoms with Gasteiger partial charge < -0.3 is 14.7 Å². The van der Waals surface area contributed by atoms with E-state index in [-0.39, 0.29) is 24.0 Å². The SMILES string of the molecule is N#CCc1cccc(C(=O)N2CCOC[C@@H]2[C@@H]2CCC[C@H]2O)c1. The highest BCUT2D eigenvalue weighted by Gasteiger charge is 2.39. The number of carbonyl (C=O) groups is 1. The maximum Gasteiger partial charge on any atom is 0.254 e. The van der Waals surface area contributed by atoms with Crippen molar-refractivity contribution >= 4 is 5.91 Å². The molecule has 5 heteroatoms. The van der Waals surface area contributed by atoms with E-state index in [0.29, 0.717) is 31.7 Å². The highest BCUT2D eigenvalue weighted by molar-refractivity contribution is 5.94. The molecule has 1 aromatic carbocycles. The van der Waals surface area contributed by atoms with Crippen molar-refractivity contribution in [2.24, 2.45) is 5.92 Å². The first-order chi connectivity index (χ1) is 11.2. The average molecular weight is 314 g/mol. The van der Waals surface area contributed by atoms with Gasteiger partial charge in [-0.25, -0.2) is 0 Å². The second kappa shape index (κ2) is 7.12. The lowest BCUT2D eigenvalue weighted by atomic mass is 9.93. The van der Waals surface area contributed by atoms with E-state index in [1.54, 1.807) is 12.1 Å². The van der Waals surface area contributed by atoms with E-state index < -0.39 is 0 Å². The summed E-state index contributed by atoms with van der Waals surface area (Å²) in [6, 6.07) is 9.31. The van der Waals surface area contributed by atoms with E-state index >= 15 is 0 Å². The van der Waals surface area contributed by atoms with Crippen LogP contribution in [0.2, 0.25) is 0 Å². The number of rotatable bonds is 3. The van der Waals surface area contributed by atoms with Gasteiger partial charge in [0, 0.05) is 18.0 Å². The third kappa shape index (κ3) is 3.39. The quantitative estimate of drug-likeness (QED) is 0.922. The Balaban J connectivity index is 1.81. The zero-order chi connectivity index (χ0) is 16.2. The van der Waals surface area contributed by atoms with Crippen LogP contribution in [0.4, 0.5) is 0 Å². The number of ether oxygens (including phenoxy) is 1. The molecule has 0 spiro atoms. The molecule has 1 saturated carbocycles. The molecule has 2 aliphatic rings. The van der Waals surface area contributed by atoms with Crippen molar-refractivity contribution in [3.05, 3.63) is 35.4 Å². The Labute approximate surface area is 136 Å². The van der Waals surface area contributed by atoms with Gasteiger partial charge in [-0.3, -0.25) is 4.79 Å². The van der Waals surface area contributed by atoms with E-state index in [9.17, 15) is 9.90 Å². The van der Waals surface area contributed by atoms with Crippen molar-refractivity contribution in [2.75, 3.05) is 19.8 Å². The minimum absolute atomic E-state index is 0.0304. The molecule has 3 rings (SSSR count). The Morgan fingerprint density at radius 3 is 3.04 bits per heavy atom. The van der Waals surface area contributed by atoms with Gasteiger partial charge in [-0.2, -0.15) is 5.26 Å². The summed E-state index contributed by atoms with van der Waals surface area (Å²) in [4.78, 5) is 14.8. The molecule has 2 fully saturated rings. The van der Waals surface area contributed by atoms with Crippen molar-refractivity contribution < 1.29 is 14.6 Å². The Kier molecular flexibility index (Phi) is 4.94. The second-order valence-corrected chi connectivity index (χ2v) is 6.34. The molecule has 1 N–H and O–H groups in total. The fraction of sp³-hybridized carbons (Fsp3) is 0.556. The van der Waals surface area contributed by atoms with E-state index in [2.05, 4.69) is 6.07 Å². The summed E-state index contributed by atoms with van der Waals surface area (Å²) in [5, 5.41) is 19.0. The van der Waals surface area contributed by atoms with Crippen LogP contribution in [0, 0.1) is 17.2 Å². The molecule has 0 unspecified atom stereocenters. The molecule has 122 valence electrons. The molecule has 1 saturated heterocycles. The fourth-order valence-corrected chi connectivity index (χ4v) is 3.72. The lowest BCUT2D eigenvalue weighted by molar-refractivity contribution is -0.0383. The van der Waals surface area contributed by atoms with Crippen LogP contribution in [0.5, 0.6) is 0 Å². The summed E-state index contributed by atoms with van der Waals surface area (Å²) in [7, 11) is 0. The predicted octanol–water partition coefficient (Wildman–Crippen LogP) is 1.75. The number of benzene rings is 1. The van der Waals surface area contributed by atoms with Gasteiger partial charge in [-0.05, 0) is 30.5 Å². The molecule has 1 aliphatic carbocycles. The number of aliphatic hydroxyl groups excluding tert-OH is 1. The predicted molar refractivity (Wildman–Crippen MR) is 84.8 cm³/mol. The third-order valence-electron chi connectivity index (χ3n) is 4.91. The summed E-state index contributed by atoms with van der Waals surface area (Å²) in [5.74, 6) is 0.0683. The van der Waals surface area contributed by atoms with Gasteiger partial charge in [0.25, 0.3) is 5.91 Å². The smallest absolute Gasteiger partial charge is 0.254 e. The van der Waals surface area contributed by atoms with Crippen molar-refractivity contribution in [3.63, 3.8) is 0 Å². The van der Waals surface area contributed by atoms with Crippen molar-refractivity contribution in [3.8, 4) is 6.07 Å². The van der Waals surface area contributed by atoms with E-state index in [4.69, 9.17) is 10.00 Å². The molecule has 3 atom stereocenters. The number of hydrogen-bond donors (Lipinski definition) is 1. The zero-order valence-corrected chi connectivity index (χ0v) is 13.1. The van der Waals surface area contributed by atoms with Crippen LogP contribution >= 0.6 is 0 Å². The Morgan fingerprint density at radius 2 is 2.30 bits per heavy atom. The standard InChI is InChI=1S/C18H22N2O3/c19-8-7-13-3-1-4-14(11-13)18(22)20-9-10-23-12-16(20)15-5-2-6-17(15)21/h1,3-4,11,15-17,21H,2,5-7,9-10,12H2/t15-,16+,17+/m0/s1. The van der Waals surface area contributed by atoms with Gasteiger partial charge >= 0.3 is 0 Å². The normalized spacial score (nSPS) is 27.7. The van der Waals surface area contributed by atoms with Crippen molar-refractivity contribution in [1.82, 2.24) is 4.90 Å². The van der Waals surface area contributed by atoms with Gasteiger partial charge in [0.1, 0.15) is 0 Å². The number of nitrogens with zero attached hydrogens (tertiary/aromatic N) is 2. The fourth-order valence-electron chi connectivity index (χ4n) is 3.72. The van der Waals surface area contributed by atoms with Crippen LogP contribution in [-0.4, -0.2) is 47.8 Å². The summed E-state index contributed by atoms with van der Waals surface area (Å²) in [6.07, 6.45) is 2.70. The topological polar surface area (TPSA) is 73.6 Å². The van der Waals surface area contributed by atoms with Gasteiger partial charge in [0.15, 0.2) is 0 Å². The maximum atomic E-state index is 12.9. The highest BCUT2D eigenvalue weighted by Crippen LogP contribution is 2.32. The van der Waals surface area contributed by atoms with Crippen LogP contribution in [-0.2, 0) is 11.2 Å². The van der Waals surface area contributed by atoms with Crippen LogP contribution in [0.25, 0.3) is 0 Å². The molecular weight excluding hydrogens is 292 g/mol. The number of carbonyl (C=O) groups excluding carboxylic acids is 1. The maximum absolute atomic E-state index is 12.9. The van der Waals surface area contributed by atoms with Crippen molar-refractivity contribution in [1.29, 1.82) is 5.26 Å². The molecule has 5 nitrogen and oxygen atoms in total. The van der Waals surface area contributed by atoms with Gasteiger partial charge in [-0.1, -0.05) is 18.6 Å². The minimum Gasteiger partial charge on any atom is -0.393 e. The molecule has 0 radical (unpaired) electrons. The third-order valence-corrected chi connectivity index (χ3v) is 4.91. The first kappa shape index (κ1) is 16.0. The van der Waals surface area contributed by atoms with Crippen LogP contribution in [0.1, 0.15) is 35.2 Å². The summed E-state index contributed by atoms with van der Waals surface area (Å²) in [6.45, 7) is 1.57. The van der Waals surface area contributed by atoms with Gasteiger partial charge in [0.2, 0.25) is 0 Å². The summed E-state index contributed by atoms with van der Waals surface area (Å²) in [5.41, 5.74) is 1.46. The molecule has 1 amide bonds. The molecule has 23 heavy (non-hydrogen) atoms. The zero-order valence-electron chi connectivity index (χ0n) is 13.1. The Bertz CT molecular complexity index is 611. The van der Waals surface area contributed by atoms with Crippen LogP contribution in [0.15, 0.2) is 24.3 Å². The van der Waals surface area contributed by atoms with E-state index in [1.807, 2.05) is 17.0 Å². The molecule has 1 aromatic rings. The Hall–Kier alpha value is -1.90. The molecular formula is C18H22N2O3. The average Bonchev–Trinajstić information content (AvgIpc) is 3.01. The Morgan fingerprint density at radius 1 is 1.43 bits per heavy atom. The second-order valence-electron chi connectivity index (χ2n) is 6.34.